The topological polar surface area (TPSA) is 60.1 Å². The number of nitrogens with zero attached hydrogens (tertiary/aromatic N) is 2. The maximum atomic E-state index is 5.98. The lowest BCUT2D eigenvalue weighted by molar-refractivity contribution is 0.0674. The molecule has 1 fully saturated rings. The lowest BCUT2D eigenvalue weighted by Crippen LogP contribution is -2.45. The Bertz CT molecular complexity index is 434. The molecular weight excluding hydrogens is 266 g/mol. The summed E-state index contributed by atoms with van der Waals surface area (Å²) in [5.74, 6) is 1.22. The number of guanidine groups is 1. The number of benzene rings is 1. The molecule has 104 valence electrons. The van der Waals surface area contributed by atoms with Crippen molar-refractivity contribution in [3.8, 4) is 5.75 Å². The van der Waals surface area contributed by atoms with E-state index < -0.39 is 0 Å². The van der Waals surface area contributed by atoms with Gasteiger partial charge < -0.3 is 20.1 Å². The fourth-order valence-corrected chi connectivity index (χ4v) is 1.96. The fraction of sp³-hybridized carbons (Fsp3) is 0.462. The highest BCUT2D eigenvalue weighted by Crippen LogP contribution is 2.22. The minimum Gasteiger partial charge on any atom is -0.490 e. The molecule has 19 heavy (non-hydrogen) atoms. The van der Waals surface area contributed by atoms with Crippen LogP contribution < -0.4 is 10.5 Å². The van der Waals surface area contributed by atoms with Gasteiger partial charge in [-0.25, -0.2) is 4.99 Å². The summed E-state index contributed by atoms with van der Waals surface area (Å²) in [7, 11) is 0. The summed E-state index contributed by atoms with van der Waals surface area (Å²) in [6.45, 7) is 3.95. The van der Waals surface area contributed by atoms with Crippen LogP contribution in [0.2, 0.25) is 5.02 Å². The van der Waals surface area contributed by atoms with Crippen molar-refractivity contribution in [3.05, 3.63) is 29.3 Å². The van der Waals surface area contributed by atoms with E-state index in [-0.39, 0.29) is 0 Å². The van der Waals surface area contributed by atoms with Gasteiger partial charge in [0, 0.05) is 13.1 Å². The van der Waals surface area contributed by atoms with E-state index in [1.165, 1.54) is 0 Å². The number of hydrogen-bond acceptors (Lipinski definition) is 3. The van der Waals surface area contributed by atoms with Gasteiger partial charge in [-0.3, -0.25) is 0 Å². The number of morpholine rings is 1. The van der Waals surface area contributed by atoms with Crippen LogP contribution in [0.25, 0.3) is 0 Å². The van der Waals surface area contributed by atoms with Crippen LogP contribution in [0, 0.1) is 0 Å². The zero-order valence-electron chi connectivity index (χ0n) is 10.7. The molecule has 2 rings (SSSR count). The molecule has 0 spiro atoms. The maximum absolute atomic E-state index is 5.98. The molecule has 0 bridgehead atoms. The van der Waals surface area contributed by atoms with Crippen molar-refractivity contribution in [2.45, 2.75) is 0 Å². The number of para-hydroxylation sites is 1. The highest BCUT2D eigenvalue weighted by atomic mass is 35.5. The first-order chi connectivity index (χ1) is 9.27. The Morgan fingerprint density at radius 1 is 1.37 bits per heavy atom. The Labute approximate surface area is 118 Å². The first-order valence-corrected chi connectivity index (χ1v) is 6.65. The molecule has 1 aromatic rings. The van der Waals surface area contributed by atoms with Crippen LogP contribution in [0.3, 0.4) is 0 Å². The summed E-state index contributed by atoms with van der Waals surface area (Å²) in [5.41, 5.74) is 5.90. The van der Waals surface area contributed by atoms with Gasteiger partial charge in [0.15, 0.2) is 5.96 Å². The minimum absolute atomic E-state index is 0.453. The zero-order valence-corrected chi connectivity index (χ0v) is 11.5. The van der Waals surface area contributed by atoms with Crippen LogP contribution in [-0.2, 0) is 4.74 Å². The third-order valence-electron chi connectivity index (χ3n) is 2.79. The molecule has 0 amide bonds. The molecular formula is C13H18ClN3O2. The SMILES string of the molecule is NC(=NCCOc1ccccc1Cl)N1CCOCC1. The second-order valence-electron chi connectivity index (χ2n) is 4.12. The van der Waals surface area contributed by atoms with Crippen molar-refractivity contribution in [2.75, 3.05) is 39.5 Å². The first-order valence-electron chi connectivity index (χ1n) is 6.27. The summed E-state index contributed by atoms with van der Waals surface area (Å²) < 4.78 is 10.8. The molecule has 1 saturated heterocycles. The van der Waals surface area contributed by atoms with Gasteiger partial charge in [-0.05, 0) is 12.1 Å². The van der Waals surface area contributed by atoms with E-state index in [0.717, 1.165) is 13.1 Å². The second kappa shape index (κ2) is 7.21. The third-order valence-corrected chi connectivity index (χ3v) is 3.11. The number of rotatable bonds is 4. The molecule has 0 aliphatic carbocycles. The Kier molecular flexibility index (Phi) is 5.30. The quantitative estimate of drug-likeness (QED) is 0.515. The van der Waals surface area contributed by atoms with Crippen LogP contribution in [0.1, 0.15) is 0 Å². The van der Waals surface area contributed by atoms with Crippen molar-refractivity contribution >= 4 is 17.6 Å². The number of aliphatic imine (C=N–C) groups is 1. The maximum Gasteiger partial charge on any atom is 0.191 e. The Balaban J connectivity index is 1.75. The summed E-state index contributed by atoms with van der Waals surface area (Å²) in [5, 5.41) is 0.604. The fourth-order valence-electron chi connectivity index (χ4n) is 1.77. The van der Waals surface area contributed by atoms with Gasteiger partial charge in [-0.2, -0.15) is 0 Å². The number of halogens is 1. The van der Waals surface area contributed by atoms with Gasteiger partial charge in [0.2, 0.25) is 0 Å². The monoisotopic (exact) mass is 283 g/mol. The van der Waals surface area contributed by atoms with E-state index in [2.05, 4.69) is 4.99 Å². The Morgan fingerprint density at radius 2 is 2.11 bits per heavy atom. The third kappa shape index (κ3) is 4.29. The lowest BCUT2D eigenvalue weighted by atomic mass is 10.3. The predicted molar refractivity (Wildman–Crippen MR) is 75.8 cm³/mol. The lowest BCUT2D eigenvalue weighted by Gasteiger charge is -2.27. The summed E-state index contributed by atoms with van der Waals surface area (Å²) in [6, 6.07) is 7.37. The molecule has 0 radical (unpaired) electrons. The van der Waals surface area contributed by atoms with Crippen molar-refractivity contribution in [1.82, 2.24) is 4.90 Å². The van der Waals surface area contributed by atoms with Gasteiger partial charge in [-0.1, -0.05) is 23.7 Å². The Hall–Kier alpha value is -1.46. The zero-order chi connectivity index (χ0) is 13.5. The van der Waals surface area contributed by atoms with E-state index in [0.29, 0.717) is 43.1 Å². The molecule has 6 heteroatoms. The van der Waals surface area contributed by atoms with Gasteiger partial charge in [0.1, 0.15) is 12.4 Å². The molecule has 1 aliphatic heterocycles. The van der Waals surface area contributed by atoms with Crippen molar-refractivity contribution in [3.63, 3.8) is 0 Å². The number of nitrogens with two attached hydrogens (primary N) is 1. The minimum atomic E-state index is 0.453. The van der Waals surface area contributed by atoms with E-state index in [4.69, 9.17) is 26.8 Å². The van der Waals surface area contributed by atoms with Crippen LogP contribution in [0.4, 0.5) is 0 Å². The van der Waals surface area contributed by atoms with Crippen molar-refractivity contribution in [1.29, 1.82) is 0 Å². The largest absolute Gasteiger partial charge is 0.490 e. The predicted octanol–water partition coefficient (Wildman–Crippen LogP) is 1.37. The average Bonchev–Trinajstić information content (AvgIpc) is 2.46. The molecule has 0 atom stereocenters. The summed E-state index contributed by atoms with van der Waals surface area (Å²) >= 11 is 5.98. The highest BCUT2D eigenvalue weighted by molar-refractivity contribution is 6.32. The summed E-state index contributed by atoms with van der Waals surface area (Å²) in [6.07, 6.45) is 0. The van der Waals surface area contributed by atoms with Crippen molar-refractivity contribution < 1.29 is 9.47 Å². The number of hydrogen-bond donors (Lipinski definition) is 1. The van der Waals surface area contributed by atoms with Crippen molar-refractivity contribution in [2.24, 2.45) is 10.7 Å². The normalized spacial score (nSPS) is 16.5. The smallest absolute Gasteiger partial charge is 0.191 e. The molecule has 0 unspecified atom stereocenters. The molecule has 0 saturated carbocycles. The first kappa shape index (κ1) is 14.0. The number of ether oxygens (including phenoxy) is 2. The van der Waals surface area contributed by atoms with Gasteiger partial charge in [0.05, 0.1) is 24.8 Å². The Morgan fingerprint density at radius 3 is 2.84 bits per heavy atom. The van der Waals surface area contributed by atoms with Crippen LogP contribution >= 0.6 is 11.6 Å². The second-order valence-corrected chi connectivity index (χ2v) is 4.53. The highest BCUT2D eigenvalue weighted by Gasteiger charge is 2.11. The van der Waals surface area contributed by atoms with Crippen LogP contribution in [-0.4, -0.2) is 50.3 Å². The molecule has 5 nitrogen and oxygen atoms in total. The van der Waals surface area contributed by atoms with Crippen LogP contribution in [0.15, 0.2) is 29.3 Å². The van der Waals surface area contributed by atoms with E-state index in [1.807, 2.05) is 23.1 Å². The average molecular weight is 284 g/mol. The molecule has 1 aromatic carbocycles. The van der Waals surface area contributed by atoms with E-state index in [1.54, 1.807) is 6.07 Å². The van der Waals surface area contributed by atoms with Crippen LogP contribution in [0.5, 0.6) is 5.75 Å². The van der Waals surface area contributed by atoms with Gasteiger partial charge in [0.25, 0.3) is 0 Å². The van der Waals surface area contributed by atoms with Gasteiger partial charge >= 0.3 is 0 Å². The molecule has 1 heterocycles. The van der Waals surface area contributed by atoms with E-state index in [9.17, 15) is 0 Å². The molecule has 2 N–H and O–H groups in total. The standard InChI is InChI=1S/C13H18ClN3O2/c14-11-3-1-2-4-12(11)19-8-5-16-13(15)17-6-9-18-10-7-17/h1-4H,5-10H2,(H2,15,16). The molecule has 1 aliphatic rings. The molecule has 0 aromatic heterocycles. The van der Waals surface area contributed by atoms with Gasteiger partial charge in [-0.15, -0.1) is 0 Å². The summed E-state index contributed by atoms with van der Waals surface area (Å²) in [4.78, 5) is 6.30. The van der Waals surface area contributed by atoms with E-state index >= 15 is 0 Å².